The summed E-state index contributed by atoms with van der Waals surface area (Å²) in [5.74, 6) is -0.591. The molecular weight excluding hydrogens is 312 g/mol. The van der Waals surface area contributed by atoms with Crippen molar-refractivity contribution in [3.05, 3.63) is 61.7 Å². The Morgan fingerprint density at radius 2 is 2.10 bits per heavy atom. The van der Waals surface area contributed by atoms with Crippen LogP contribution in [0.2, 0.25) is 5.02 Å². The van der Waals surface area contributed by atoms with Gasteiger partial charge in [-0.2, -0.15) is 0 Å². The van der Waals surface area contributed by atoms with E-state index in [2.05, 4.69) is 9.97 Å². The molecule has 0 spiro atoms. The second-order valence-electron chi connectivity index (χ2n) is 4.11. The fourth-order valence-electron chi connectivity index (χ4n) is 1.73. The Kier molecular flexibility index (Phi) is 4.72. The highest BCUT2D eigenvalue weighted by molar-refractivity contribution is 7.71. The van der Waals surface area contributed by atoms with E-state index in [0.717, 1.165) is 0 Å². The van der Waals surface area contributed by atoms with Crippen LogP contribution in [0.25, 0.3) is 11.6 Å². The highest BCUT2D eigenvalue weighted by Crippen LogP contribution is 2.19. The van der Waals surface area contributed by atoms with E-state index in [9.17, 15) is 9.59 Å². The van der Waals surface area contributed by atoms with Crippen LogP contribution < -0.4 is 5.56 Å². The van der Waals surface area contributed by atoms with Gasteiger partial charge in [0.15, 0.2) is 4.77 Å². The Labute approximate surface area is 130 Å². The number of H-pyrrole nitrogens is 2. The minimum Gasteiger partial charge on any atom is -0.465 e. The van der Waals surface area contributed by atoms with Gasteiger partial charge in [-0.15, -0.1) is 0 Å². The summed E-state index contributed by atoms with van der Waals surface area (Å²) >= 11 is 10.8. The van der Waals surface area contributed by atoms with E-state index in [1.165, 1.54) is 13.2 Å². The summed E-state index contributed by atoms with van der Waals surface area (Å²) in [5.41, 5.74) is 0.740. The zero-order valence-corrected chi connectivity index (χ0v) is 12.5. The zero-order valence-electron chi connectivity index (χ0n) is 11.0. The van der Waals surface area contributed by atoms with Gasteiger partial charge in [0.25, 0.3) is 5.56 Å². The molecule has 2 rings (SSSR count). The van der Waals surface area contributed by atoms with E-state index < -0.39 is 11.5 Å². The lowest BCUT2D eigenvalue weighted by Crippen LogP contribution is -2.12. The quantitative estimate of drug-likeness (QED) is 0.517. The molecule has 1 aromatic carbocycles. The largest absolute Gasteiger partial charge is 0.465 e. The van der Waals surface area contributed by atoms with E-state index in [-0.39, 0.29) is 16.0 Å². The standard InChI is InChI=1S/C14H11ClN2O3S/c1-20-13(19)10(6-8-3-2-4-9(15)5-8)11-7-12(18)17-14(21)16-11/h2-7H,1H3,(H2,16,17,18,21)/b10-6-. The van der Waals surface area contributed by atoms with E-state index >= 15 is 0 Å². The predicted octanol–water partition coefficient (Wildman–Crippen LogP) is 2.80. The third kappa shape index (κ3) is 3.90. The lowest BCUT2D eigenvalue weighted by molar-refractivity contribution is -0.133. The summed E-state index contributed by atoms with van der Waals surface area (Å²) in [6.07, 6.45) is 1.57. The number of aromatic nitrogens is 2. The minimum atomic E-state index is -0.591. The maximum atomic E-state index is 11.9. The molecule has 0 unspecified atom stereocenters. The number of rotatable bonds is 3. The van der Waals surface area contributed by atoms with Gasteiger partial charge in [0.2, 0.25) is 0 Å². The molecule has 0 radical (unpaired) electrons. The highest BCUT2D eigenvalue weighted by atomic mass is 35.5. The second kappa shape index (κ2) is 6.51. The summed E-state index contributed by atoms with van der Waals surface area (Å²) in [6, 6.07) is 8.17. The number of nitrogens with one attached hydrogen (secondary N) is 2. The third-order valence-corrected chi connectivity index (χ3v) is 3.05. The normalized spacial score (nSPS) is 11.2. The van der Waals surface area contributed by atoms with Crippen LogP contribution in [-0.4, -0.2) is 23.0 Å². The fraction of sp³-hybridized carbons (Fsp3) is 0.0714. The highest BCUT2D eigenvalue weighted by Gasteiger charge is 2.14. The molecule has 2 aromatic rings. The topological polar surface area (TPSA) is 75.0 Å². The van der Waals surface area contributed by atoms with Gasteiger partial charge in [0, 0.05) is 11.1 Å². The van der Waals surface area contributed by atoms with Gasteiger partial charge >= 0.3 is 5.97 Å². The number of methoxy groups -OCH3 is 1. The SMILES string of the molecule is COC(=O)/C(=C\c1cccc(Cl)c1)c1cc(=O)[nH]c(=S)[nH]1. The number of hydrogen-bond donors (Lipinski definition) is 2. The van der Waals surface area contributed by atoms with Crippen molar-refractivity contribution in [2.24, 2.45) is 0 Å². The average molecular weight is 323 g/mol. The van der Waals surface area contributed by atoms with Crippen LogP contribution in [0.4, 0.5) is 0 Å². The van der Waals surface area contributed by atoms with Crippen LogP contribution >= 0.6 is 23.8 Å². The van der Waals surface area contributed by atoms with Gasteiger partial charge in [-0.25, -0.2) is 4.79 Å². The predicted molar refractivity (Wildman–Crippen MR) is 83.6 cm³/mol. The van der Waals surface area contributed by atoms with Crippen molar-refractivity contribution in [1.82, 2.24) is 9.97 Å². The first-order valence-corrected chi connectivity index (χ1v) is 6.68. The maximum absolute atomic E-state index is 11.9. The molecule has 0 saturated heterocycles. The molecule has 21 heavy (non-hydrogen) atoms. The summed E-state index contributed by atoms with van der Waals surface area (Å²) in [5, 5.41) is 0.534. The van der Waals surface area contributed by atoms with Crippen LogP contribution in [0, 0.1) is 4.77 Å². The molecule has 7 heteroatoms. The first-order valence-electron chi connectivity index (χ1n) is 5.89. The minimum absolute atomic E-state index is 0.124. The van der Waals surface area contributed by atoms with Gasteiger partial charge < -0.3 is 9.72 Å². The molecule has 0 bridgehead atoms. The Morgan fingerprint density at radius 3 is 2.71 bits per heavy atom. The lowest BCUT2D eigenvalue weighted by Gasteiger charge is -2.06. The molecule has 108 valence electrons. The van der Waals surface area contributed by atoms with E-state index in [1.54, 1.807) is 30.3 Å². The molecule has 0 aliphatic rings. The summed E-state index contributed by atoms with van der Waals surface area (Å²) in [6.45, 7) is 0. The summed E-state index contributed by atoms with van der Waals surface area (Å²) < 4.78 is 4.87. The van der Waals surface area contributed by atoms with Crippen molar-refractivity contribution in [1.29, 1.82) is 0 Å². The number of ether oxygens (including phenoxy) is 1. The number of carbonyl (C=O) groups is 1. The van der Waals surface area contributed by atoms with Crippen LogP contribution in [0.3, 0.4) is 0 Å². The van der Waals surface area contributed by atoms with Gasteiger partial charge in [-0.05, 0) is 36.0 Å². The monoisotopic (exact) mass is 322 g/mol. The van der Waals surface area contributed by atoms with Crippen molar-refractivity contribution < 1.29 is 9.53 Å². The Hall–Kier alpha value is -2.18. The first kappa shape index (κ1) is 15.2. The van der Waals surface area contributed by atoms with Crippen LogP contribution in [0.1, 0.15) is 11.3 Å². The van der Waals surface area contributed by atoms with Crippen molar-refractivity contribution in [3.8, 4) is 0 Å². The Morgan fingerprint density at radius 1 is 1.33 bits per heavy atom. The van der Waals surface area contributed by atoms with Crippen LogP contribution in [0.5, 0.6) is 0 Å². The number of aromatic amines is 2. The smallest absolute Gasteiger partial charge is 0.339 e. The molecule has 0 aliphatic heterocycles. The number of halogens is 1. The van der Waals surface area contributed by atoms with E-state index in [4.69, 9.17) is 28.6 Å². The lowest BCUT2D eigenvalue weighted by atomic mass is 10.1. The maximum Gasteiger partial charge on any atom is 0.339 e. The van der Waals surface area contributed by atoms with Gasteiger partial charge in [0.1, 0.15) is 0 Å². The van der Waals surface area contributed by atoms with Crippen molar-refractivity contribution in [2.45, 2.75) is 0 Å². The third-order valence-electron chi connectivity index (χ3n) is 2.62. The van der Waals surface area contributed by atoms with Crippen molar-refractivity contribution in [2.75, 3.05) is 7.11 Å². The molecule has 0 atom stereocenters. The fourth-order valence-corrected chi connectivity index (χ4v) is 2.14. The summed E-state index contributed by atoms with van der Waals surface area (Å²) in [7, 11) is 1.26. The molecule has 2 N–H and O–H groups in total. The van der Waals surface area contributed by atoms with Crippen molar-refractivity contribution in [3.63, 3.8) is 0 Å². The molecule has 0 amide bonds. The number of esters is 1. The van der Waals surface area contributed by atoms with Crippen LogP contribution in [-0.2, 0) is 9.53 Å². The molecule has 5 nitrogen and oxygen atoms in total. The number of benzene rings is 1. The molecule has 1 aromatic heterocycles. The number of carbonyl (C=O) groups excluding carboxylic acids is 1. The molecule has 0 saturated carbocycles. The van der Waals surface area contributed by atoms with Gasteiger partial charge in [-0.1, -0.05) is 23.7 Å². The van der Waals surface area contributed by atoms with E-state index in [0.29, 0.717) is 10.6 Å². The van der Waals surface area contributed by atoms with Gasteiger partial charge in [0.05, 0.1) is 18.4 Å². The van der Waals surface area contributed by atoms with Gasteiger partial charge in [-0.3, -0.25) is 9.78 Å². The van der Waals surface area contributed by atoms with E-state index in [1.807, 2.05) is 0 Å². The van der Waals surface area contributed by atoms with Crippen molar-refractivity contribution >= 4 is 41.4 Å². The average Bonchev–Trinajstić information content (AvgIpc) is 2.43. The Bertz CT molecular complexity index is 795. The number of hydrogen-bond acceptors (Lipinski definition) is 4. The molecule has 0 aliphatic carbocycles. The summed E-state index contributed by atoms with van der Waals surface area (Å²) in [4.78, 5) is 28.6. The molecule has 1 heterocycles. The first-order chi connectivity index (χ1) is 9.99. The van der Waals surface area contributed by atoms with Crippen LogP contribution in [0.15, 0.2) is 35.1 Å². The Balaban J connectivity index is 2.61. The molecular formula is C14H11ClN2O3S. The molecule has 0 fully saturated rings. The zero-order chi connectivity index (χ0) is 15.4. The second-order valence-corrected chi connectivity index (χ2v) is 4.95.